The van der Waals surface area contributed by atoms with Crippen LogP contribution in [-0.4, -0.2) is 10.2 Å². The molecule has 1 aliphatic rings. The van der Waals surface area contributed by atoms with Crippen molar-refractivity contribution < 1.29 is 4.79 Å². The van der Waals surface area contributed by atoms with Crippen molar-refractivity contribution in [1.29, 1.82) is 0 Å². The molecule has 1 aliphatic carbocycles. The summed E-state index contributed by atoms with van der Waals surface area (Å²) in [5.41, 5.74) is 3.04. The van der Waals surface area contributed by atoms with Gasteiger partial charge < -0.3 is 5.32 Å². The monoisotopic (exact) mass is 257 g/mol. The number of nitrogens with one attached hydrogen (secondary N) is 1. The predicted molar refractivity (Wildman–Crippen MR) is 67.1 cm³/mol. The number of hydrogen-bond acceptors (Lipinski definition) is 1. The van der Waals surface area contributed by atoms with Crippen molar-refractivity contribution in [3.63, 3.8) is 0 Å². The Hall–Kier alpha value is -0.730. The second-order valence-electron chi connectivity index (χ2n) is 4.38. The smallest absolute Gasteiger partial charge is 0.230 e. The van der Waals surface area contributed by atoms with Gasteiger partial charge in [0.1, 0.15) is 4.33 Å². The molecular weight excluding hydrogens is 245 g/mol. The van der Waals surface area contributed by atoms with Crippen molar-refractivity contribution in [3.8, 4) is 0 Å². The maximum absolute atomic E-state index is 11.7. The Bertz CT molecular complexity index is 422. The number of benzene rings is 1. The molecule has 1 aromatic carbocycles. The van der Waals surface area contributed by atoms with Crippen LogP contribution in [0.5, 0.6) is 0 Å². The molecule has 1 aromatic rings. The molecule has 1 N–H and O–H groups in total. The maximum Gasteiger partial charge on any atom is 0.230 e. The van der Waals surface area contributed by atoms with Crippen molar-refractivity contribution in [2.45, 2.75) is 24.6 Å². The topological polar surface area (TPSA) is 29.1 Å². The van der Waals surface area contributed by atoms with Gasteiger partial charge in [0.25, 0.3) is 0 Å². The number of aryl methyl sites for hydroxylation is 2. The number of rotatable bonds is 2. The molecule has 16 heavy (non-hydrogen) atoms. The number of anilines is 1. The van der Waals surface area contributed by atoms with E-state index in [0.717, 1.165) is 16.8 Å². The minimum atomic E-state index is -0.858. The Balaban J connectivity index is 2.07. The van der Waals surface area contributed by atoms with Gasteiger partial charge in [0.05, 0.1) is 5.92 Å². The molecule has 2 rings (SSSR count). The molecule has 1 amide bonds. The third-order valence-electron chi connectivity index (χ3n) is 2.63. The van der Waals surface area contributed by atoms with E-state index in [1.165, 1.54) is 0 Å². The molecule has 0 aromatic heterocycles. The standard InChI is InChI=1S/C12H13Cl2NO/c1-7-3-8(2)5-9(4-7)15-11(16)10-6-12(10,13)14/h3-5,10H,6H2,1-2H3,(H,15,16)/t10-/m0/s1. The second kappa shape index (κ2) is 3.94. The Morgan fingerprint density at radius 1 is 1.31 bits per heavy atom. The van der Waals surface area contributed by atoms with Crippen LogP contribution in [0.3, 0.4) is 0 Å². The van der Waals surface area contributed by atoms with Gasteiger partial charge in [0.2, 0.25) is 5.91 Å². The minimum absolute atomic E-state index is 0.102. The average molecular weight is 258 g/mol. The summed E-state index contributed by atoms with van der Waals surface area (Å²) in [5.74, 6) is -0.383. The zero-order valence-corrected chi connectivity index (χ0v) is 10.7. The highest BCUT2D eigenvalue weighted by Gasteiger charge is 2.56. The van der Waals surface area contributed by atoms with E-state index >= 15 is 0 Å². The van der Waals surface area contributed by atoms with E-state index in [2.05, 4.69) is 11.4 Å². The molecule has 0 spiro atoms. The fourth-order valence-electron chi connectivity index (χ4n) is 1.77. The summed E-state index contributed by atoms with van der Waals surface area (Å²) < 4.78 is -0.858. The summed E-state index contributed by atoms with van der Waals surface area (Å²) in [6.45, 7) is 3.99. The zero-order chi connectivity index (χ0) is 11.9. The van der Waals surface area contributed by atoms with Gasteiger partial charge in [-0.05, 0) is 43.5 Å². The van der Waals surface area contributed by atoms with Crippen molar-refractivity contribution in [1.82, 2.24) is 0 Å². The lowest BCUT2D eigenvalue weighted by atomic mass is 10.1. The largest absolute Gasteiger partial charge is 0.326 e. The number of hydrogen-bond donors (Lipinski definition) is 1. The van der Waals surface area contributed by atoms with Gasteiger partial charge >= 0.3 is 0 Å². The maximum atomic E-state index is 11.7. The number of carbonyl (C=O) groups excluding carboxylic acids is 1. The third kappa shape index (κ3) is 2.50. The zero-order valence-electron chi connectivity index (χ0n) is 9.18. The number of amides is 1. The molecule has 0 heterocycles. The van der Waals surface area contributed by atoms with Crippen LogP contribution in [0.25, 0.3) is 0 Å². The van der Waals surface area contributed by atoms with Gasteiger partial charge in [-0.2, -0.15) is 0 Å². The Morgan fingerprint density at radius 2 is 1.81 bits per heavy atom. The van der Waals surface area contributed by atoms with Gasteiger partial charge in [-0.25, -0.2) is 0 Å². The molecule has 4 heteroatoms. The summed E-state index contributed by atoms with van der Waals surface area (Å²) in [7, 11) is 0. The molecule has 0 unspecified atom stereocenters. The predicted octanol–water partition coefficient (Wildman–Crippen LogP) is 3.44. The van der Waals surface area contributed by atoms with E-state index in [1.54, 1.807) is 0 Å². The molecule has 0 radical (unpaired) electrons. The van der Waals surface area contributed by atoms with Crippen molar-refractivity contribution in [2.24, 2.45) is 5.92 Å². The molecule has 1 atom stereocenters. The highest BCUT2D eigenvalue weighted by Crippen LogP contribution is 2.53. The minimum Gasteiger partial charge on any atom is -0.326 e. The van der Waals surface area contributed by atoms with Crippen LogP contribution in [0.1, 0.15) is 17.5 Å². The van der Waals surface area contributed by atoms with E-state index in [4.69, 9.17) is 23.2 Å². The fourth-order valence-corrected chi connectivity index (χ4v) is 2.28. The van der Waals surface area contributed by atoms with Gasteiger partial charge in [-0.1, -0.05) is 6.07 Å². The van der Waals surface area contributed by atoms with Crippen molar-refractivity contribution in [3.05, 3.63) is 29.3 Å². The van der Waals surface area contributed by atoms with E-state index in [9.17, 15) is 4.79 Å². The first kappa shape index (κ1) is 11.7. The van der Waals surface area contributed by atoms with Gasteiger partial charge in [0.15, 0.2) is 0 Å². The van der Waals surface area contributed by atoms with E-state index in [-0.39, 0.29) is 11.8 Å². The normalized spacial score (nSPS) is 21.6. The van der Waals surface area contributed by atoms with Crippen LogP contribution >= 0.6 is 23.2 Å². The average Bonchev–Trinajstić information content (AvgIpc) is 2.73. The quantitative estimate of drug-likeness (QED) is 0.809. The number of carbonyl (C=O) groups is 1. The number of halogens is 2. The first-order chi connectivity index (χ1) is 7.38. The first-order valence-corrected chi connectivity index (χ1v) is 5.91. The van der Waals surface area contributed by atoms with E-state index in [0.29, 0.717) is 6.42 Å². The van der Waals surface area contributed by atoms with Crippen LogP contribution < -0.4 is 5.32 Å². The fraction of sp³-hybridized carbons (Fsp3) is 0.417. The highest BCUT2D eigenvalue weighted by atomic mass is 35.5. The summed E-state index contributed by atoms with van der Waals surface area (Å²) in [4.78, 5) is 11.7. The lowest BCUT2D eigenvalue weighted by Crippen LogP contribution is -2.16. The molecule has 1 fully saturated rings. The third-order valence-corrected chi connectivity index (χ3v) is 3.47. The lowest BCUT2D eigenvalue weighted by molar-refractivity contribution is -0.117. The van der Waals surface area contributed by atoms with Crippen LogP contribution in [0.4, 0.5) is 5.69 Å². The van der Waals surface area contributed by atoms with Crippen LogP contribution in [0.2, 0.25) is 0 Å². The molecule has 2 nitrogen and oxygen atoms in total. The summed E-state index contributed by atoms with van der Waals surface area (Å²) in [6, 6.07) is 5.91. The lowest BCUT2D eigenvalue weighted by Gasteiger charge is -2.07. The molecule has 86 valence electrons. The number of alkyl halides is 2. The molecule has 0 saturated heterocycles. The highest BCUT2D eigenvalue weighted by molar-refractivity contribution is 6.52. The SMILES string of the molecule is Cc1cc(C)cc(NC(=O)[C@@H]2CC2(Cl)Cl)c1. The van der Waals surface area contributed by atoms with Gasteiger partial charge in [0, 0.05) is 5.69 Å². The first-order valence-electron chi connectivity index (χ1n) is 5.15. The summed E-state index contributed by atoms with van der Waals surface area (Å²) in [5, 5.41) is 2.83. The molecule has 0 aliphatic heterocycles. The Morgan fingerprint density at radius 3 is 2.25 bits per heavy atom. The molecule has 1 saturated carbocycles. The van der Waals surface area contributed by atoms with Crippen molar-refractivity contribution in [2.75, 3.05) is 5.32 Å². The van der Waals surface area contributed by atoms with E-state index < -0.39 is 4.33 Å². The van der Waals surface area contributed by atoms with Crippen LogP contribution in [0.15, 0.2) is 18.2 Å². The van der Waals surface area contributed by atoms with Gasteiger partial charge in [-0.15, -0.1) is 23.2 Å². The van der Waals surface area contributed by atoms with Crippen LogP contribution in [-0.2, 0) is 4.79 Å². The Labute approximate surface area is 105 Å². The van der Waals surface area contributed by atoms with Gasteiger partial charge in [-0.3, -0.25) is 4.79 Å². The molecular formula is C12H13Cl2NO. The van der Waals surface area contributed by atoms with E-state index in [1.807, 2.05) is 26.0 Å². The Kier molecular flexibility index (Phi) is 2.89. The second-order valence-corrected chi connectivity index (χ2v) is 5.93. The van der Waals surface area contributed by atoms with Crippen LogP contribution in [0, 0.1) is 19.8 Å². The molecule has 0 bridgehead atoms. The van der Waals surface area contributed by atoms with Crippen molar-refractivity contribution >= 4 is 34.8 Å². The summed E-state index contributed by atoms with van der Waals surface area (Å²) in [6.07, 6.45) is 0.534. The summed E-state index contributed by atoms with van der Waals surface area (Å²) >= 11 is 11.7.